The topological polar surface area (TPSA) is 24.1 Å². The lowest BCUT2D eigenvalue weighted by Crippen LogP contribution is -2.22. The van der Waals surface area contributed by atoms with Crippen molar-refractivity contribution in [2.45, 2.75) is 39.3 Å². The molecule has 0 amide bonds. The van der Waals surface area contributed by atoms with E-state index in [0.29, 0.717) is 6.04 Å². The standard InChI is InChI=1S/C24H28N2/c1-3-22(17-20-9-5-4-6-10-20)26-24-12-8-7-11-23(24)25-18-21-15-13-19(2)14-16-21/h4-16,22,25-26H,3,17-18H2,1-2H3/t22-/m0/s1. The number of para-hydroxylation sites is 2. The summed E-state index contributed by atoms with van der Waals surface area (Å²) in [4.78, 5) is 0. The van der Waals surface area contributed by atoms with Crippen LogP contribution < -0.4 is 10.6 Å². The molecule has 0 aliphatic carbocycles. The van der Waals surface area contributed by atoms with Crippen LogP contribution in [0.4, 0.5) is 11.4 Å². The van der Waals surface area contributed by atoms with Gasteiger partial charge in [0.25, 0.3) is 0 Å². The van der Waals surface area contributed by atoms with E-state index in [1.165, 1.54) is 22.4 Å². The second-order valence-corrected chi connectivity index (χ2v) is 6.82. The van der Waals surface area contributed by atoms with Gasteiger partial charge in [-0.25, -0.2) is 0 Å². The maximum atomic E-state index is 3.73. The molecule has 2 heteroatoms. The normalized spacial score (nSPS) is 11.8. The first-order valence-electron chi connectivity index (χ1n) is 9.43. The Hall–Kier alpha value is -2.74. The molecule has 3 aromatic rings. The van der Waals surface area contributed by atoms with E-state index in [4.69, 9.17) is 0 Å². The van der Waals surface area contributed by atoms with Crippen molar-refractivity contribution >= 4 is 11.4 Å². The van der Waals surface area contributed by atoms with Gasteiger partial charge in [0.05, 0.1) is 11.4 Å². The van der Waals surface area contributed by atoms with Gasteiger partial charge in [-0.05, 0) is 43.0 Å². The van der Waals surface area contributed by atoms with Crippen LogP contribution in [0.3, 0.4) is 0 Å². The molecule has 134 valence electrons. The van der Waals surface area contributed by atoms with Gasteiger partial charge in [0, 0.05) is 12.6 Å². The molecule has 0 bridgehead atoms. The highest BCUT2D eigenvalue weighted by molar-refractivity contribution is 5.69. The molecule has 0 radical (unpaired) electrons. The number of aryl methyl sites for hydroxylation is 1. The van der Waals surface area contributed by atoms with Crippen molar-refractivity contribution in [3.05, 3.63) is 95.6 Å². The predicted octanol–water partition coefficient (Wildman–Crippen LogP) is 6.04. The van der Waals surface area contributed by atoms with Crippen molar-refractivity contribution in [1.29, 1.82) is 0 Å². The molecule has 2 N–H and O–H groups in total. The van der Waals surface area contributed by atoms with E-state index in [2.05, 4.69) is 103 Å². The van der Waals surface area contributed by atoms with Gasteiger partial charge in [-0.1, -0.05) is 79.2 Å². The van der Waals surface area contributed by atoms with E-state index in [0.717, 1.165) is 25.1 Å². The predicted molar refractivity (Wildman–Crippen MR) is 113 cm³/mol. The number of benzene rings is 3. The van der Waals surface area contributed by atoms with Crippen LogP contribution in [0.1, 0.15) is 30.0 Å². The Morgan fingerprint density at radius 3 is 2.08 bits per heavy atom. The first-order valence-corrected chi connectivity index (χ1v) is 9.43. The summed E-state index contributed by atoms with van der Waals surface area (Å²) >= 11 is 0. The maximum Gasteiger partial charge on any atom is 0.0578 e. The lowest BCUT2D eigenvalue weighted by Gasteiger charge is -2.21. The first-order chi connectivity index (χ1) is 12.7. The molecule has 1 atom stereocenters. The first kappa shape index (κ1) is 18.1. The van der Waals surface area contributed by atoms with Crippen molar-refractivity contribution in [3.63, 3.8) is 0 Å². The highest BCUT2D eigenvalue weighted by Gasteiger charge is 2.10. The van der Waals surface area contributed by atoms with Crippen molar-refractivity contribution < 1.29 is 0 Å². The second kappa shape index (κ2) is 9.10. The van der Waals surface area contributed by atoms with Gasteiger partial charge < -0.3 is 10.6 Å². The molecule has 0 fully saturated rings. The van der Waals surface area contributed by atoms with Gasteiger partial charge in [-0.3, -0.25) is 0 Å². The van der Waals surface area contributed by atoms with Crippen molar-refractivity contribution in [2.24, 2.45) is 0 Å². The second-order valence-electron chi connectivity index (χ2n) is 6.82. The minimum Gasteiger partial charge on any atom is -0.380 e. The smallest absolute Gasteiger partial charge is 0.0578 e. The Morgan fingerprint density at radius 2 is 1.38 bits per heavy atom. The fourth-order valence-electron chi connectivity index (χ4n) is 3.08. The summed E-state index contributed by atoms with van der Waals surface area (Å²) in [6.07, 6.45) is 2.12. The third-order valence-electron chi connectivity index (χ3n) is 4.71. The van der Waals surface area contributed by atoms with Gasteiger partial charge in [0.2, 0.25) is 0 Å². The molecular weight excluding hydrogens is 316 g/mol. The van der Waals surface area contributed by atoms with Crippen molar-refractivity contribution in [1.82, 2.24) is 0 Å². The van der Waals surface area contributed by atoms with E-state index in [-0.39, 0.29) is 0 Å². The van der Waals surface area contributed by atoms with Gasteiger partial charge in [-0.2, -0.15) is 0 Å². The Morgan fingerprint density at radius 1 is 0.731 bits per heavy atom. The summed E-state index contributed by atoms with van der Waals surface area (Å²) in [7, 11) is 0. The zero-order valence-electron chi connectivity index (χ0n) is 15.7. The van der Waals surface area contributed by atoms with E-state index in [1.807, 2.05) is 0 Å². The molecule has 2 nitrogen and oxygen atoms in total. The SMILES string of the molecule is CC[C@@H](Cc1ccccc1)Nc1ccccc1NCc1ccc(C)cc1. The van der Waals surface area contributed by atoms with Gasteiger partial charge >= 0.3 is 0 Å². The van der Waals surface area contributed by atoms with Crippen LogP contribution in [0, 0.1) is 6.92 Å². The number of nitrogens with one attached hydrogen (secondary N) is 2. The molecular formula is C24H28N2. The zero-order valence-corrected chi connectivity index (χ0v) is 15.7. The number of anilines is 2. The van der Waals surface area contributed by atoms with Crippen LogP contribution >= 0.6 is 0 Å². The number of hydrogen-bond donors (Lipinski definition) is 2. The molecule has 0 saturated heterocycles. The Kier molecular flexibility index (Phi) is 6.32. The highest BCUT2D eigenvalue weighted by atomic mass is 15.0. The summed E-state index contributed by atoms with van der Waals surface area (Å²) in [6, 6.07) is 28.3. The quantitative estimate of drug-likeness (QED) is 0.520. The third-order valence-corrected chi connectivity index (χ3v) is 4.71. The Bertz CT molecular complexity index is 794. The number of rotatable bonds is 8. The van der Waals surface area contributed by atoms with E-state index >= 15 is 0 Å². The van der Waals surface area contributed by atoms with Crippen LogP contribution in [-0.4, -0.2) is 6.04 Å². The van der Waals surface area contributed by atoms with E-state index in [9.17, 15) is 0 Å². The molecule has 0 heterocycles. The van der Waals surface area contributed by atoms with Crippen molar-refractivity contribution in [3.8, 4) is 0 Å². The molecule has 0 saturated carbocycles. The lowest BCUT2D eigenvalue weighted by atomic mass is 10.0. The maximum absolute atomic E-state index is 3.73. The van der Waals surface area contributed by atoms with E-state index < -0.39 is 0 Å². The highest BCUT2D eigenvalue weighted by Crippen LogP contribution is 2.24. The average molecular weight is 345 g/mol. The molecule has 0 spiro atoms. The number of hydrogen-bond acceptors (Lipinski definition) is 2. The molecule has 0 unspecified atom stereocenters. The molecule has 0 aliphatic rings. The fraction of sp³-hybridized carbons (Fsp3) is 0.250. The van der Waals surface area contributed by atoms with Gasteiger partial charge in [0.15, 0.2) is 0 Å². The van der Waals surface area contributed by atoms with Crippen LogP contribution in [0.15, 0.2) is 78.9 Å². The molecule has 3 rings (SSSR count). The average Bonchev–Trinajstić information content (AvgIpc) is 2.69. The largest absolute Gasteiger partial charge is 0.380 e. The molecule has 0 aliphatic heterocycles. The summed E-state index contributed by atoms with van der Waals surface area (Å²) in [5, 5.41) is 7.31. The van der Waals surface area contributed by atoms with E-state index in [1.54, 1.807) is 0 Å². The summed E-state index contributed by atoms with van der Waals surface area (Å²) < 4.78 is 0. The molecule has 0 aromatic heterocycles. The van der Waals surface area contributed by atoms with Gasteiger partial charge in [0.1, 0.15) is 0 Å². The van der Waals surface area contributed by atoms with Crippen LogP contribution in [0.5, 0.6) is 0 Å². The van der Waals surface area contributed by atoms with Crippen LogP contribution in [0.2, 0.25) is 0 Å². The molecule has 26 heavy (non-hydrogen) atoms. The monoisotopic (exact) mass is 344 g/mol. The Labute approximate surface area is 157 Å². The summed E-state index contributed by atoms with van der Waals surface area (Å²) in [5.74, 6) is 0. The minimum absolute atomic E-state index is 0.416. The summed E-state index contributed by atoms with van der Waals surface area (Å²) in [6.45, 7) is 5.19. The lowest BCUT2D eigenvalue weighted by molar-refractivity contribution is 0.690. The zero-order chi connectivity index (χ0) is 18.2. The van der Waals surface area contributed by atoms with Gasteiger partial charge in [-0.15, -0.1) is 0 Å². The van der Waals surface area contributed by atoms with Crippen LogP contribution in [-0.2, 0) is 13.0 Å². The third kappa shape index (κ3) is 5.13. The van der Waals surface area contributed by atoms with Crippen LogP contribution in [0.25, 0.3) is 0 Å². The fourth-order valence-corrected chi connectivity index (χ4v) is 3.08. The Balaban J connectivity index is 1.66. The minimum atomic E-state index is 0.416. The summed E-state index contributed by atoms with van der Waals surface area (Å²) in [5.41, 5.74) is 6.28. The van der Waals surface area contributed by atoms with Crippen molar-refractivity contribution in [2.75, 3.05) is 10.6 Å². The molecule has 3 aromatic carbocycles.